The molecule has 2 atom stereocenters. The number of rotatable bonds is 3. The van der Waals surface area contributed by atoms with Crippen LogP contribution < -0.4 is 10.9 Å². The Morgan fingerprint density at radius 3 is 2.86 bits per heavy atom. The number of piperidine rings is 1. The molecule has 0 bridgehead atoms. The van der Waals surface area contributed by atoms with Gasteiger partial charge in [0.2, 0.25) is 0 Å². The van der Waals surface area contributed by atoms with Crippen LogP contribution in [-0.4, -0.2) is 32.2 Å². The number of nitrogens with one attached hydrogen (secondary N) is 3. The highest BCUT2D eigenvalue weighted by molar-refractivity contribution is 7.71. The van der Waals surface area contributed by atoms with Crippen LogP contribution in [0.4, 0.5) is 13.2 Å². The lowest BCUT2D eigenvalue weighted by Crippen LogP contribution is -2.38. The van der Waals surface area contributed by atoms with E-state index < -0.39 is 18.1 Å². The lowest BCUT2D eigenvalue weighted by atomic mass is 9.86. The summed E-state index contributed by atoms with van der Waals surface area (Å²) in [6.45, 7) is 0.604. The lowest BCUT2D eigenvalue weighted by Gasteiger charge is -2.33. The molecule has 1 aromatic carbocycles. The van der Waals surface area contributed by atoms with Crippen LogP contribution in [0.1, 0.15) is 30.0 Å². The van der Waals surface area contributed by atoms with E-state index in [0.29, 0.717) is 24.3 Å². The second kappa shape index (κ2) is 7.17. The Bertz CT molecular complexity index is 1120. The largest absolute Gasteiger partial charge is 0.391 e. The summed E-state index contributed by atoms with van der Waals surface area (Å²) in [6.07, 6.45) is -2.71. The highest BCUT2D eigenvalue weighted by atomic mass is 32.1. The second-order valence-electron chi connectivity index (χ2n) is 6.92. The van der Waals surface area contributed by atoms with Gasteiger partial charge in [-0.05, 0) is 42.7 Å². The topological polar surface area (TPSA) is 78.5 Å². The van der Waals surface area contributed by atoms with Crippen molar-refractivity contribution in [1.29, 1.82) is 0 Å². The molecule has 3 aromatic rings. The van der Waals surface area contributed by atoms with Crippen LogP contribution >= 0.6 is 12.2 Å². The van der Waals surface area contributed by atoms with Crippen molar-refractivity contribution < 1.29 is 13.2 Å². The van der Waals surface area contributed by atoms with Gasteiger partial charge in [-0.25, -0.2) is 4.98 Å². The van der Waals surface area contributed by atoms with Crippen molar-refractivity contribution in [2.45, 2.75) is 31.6 Å². The minimum absolute atomic E-state index is 0.00461. The zero-order chi connectivity index (χ0) is 19.9. The monoisotopic (exact) mass is 409 g/mol. The Kier molecular flexibility index (Phi) is 4.84. The second-order valence-corrected chi connectivity index (χ2v) is 7.30. The third-order valence-electron chi connectivity index (χ3n) is 5.19. The number of halogens is 3. The molecule has 2 unspecified atom stereocenters. The van der Waals surface area contributed by atoms with E-state index in [1.807, 2.05) is 24.3 Å². The quantitative estimate of drug-likeness (QED) is 0.579. The number of imidazole rings is 1. The van der Waals surface area contributed by atoms with Gasteiger partial charge in [-0.2, -0.15) is 13.2 Å². The fourth-order valence-electron chi connectivity index (χ4n) is 3.77. The lowest BCUT2D eigenvalue weighted by molar-refractivity contribution is -0.183. The summed E-state index contributed by atoms with van der Waals surface area (Å²) in [4.78, 5) is 21.5. The molecule has 1 aliphatic heterocycles. The van der Waals surface area contributed by atoms with Crippen molar-refractivity contribution in [3.63, 3.8) is 0 Å². The number of aromatic nitrogens is 4. The van der Waals surface area contributed by atoms with Gasteiger partial charge >= 0.3 is 6.18 Å². The van der Waals surface area contributed by atoms with Crippen molar-refractivity contribution in [2.75, 3.05) is 6.54 Å². The molecule has 10 heteroatoms. The molecular formula is C18H18F3N5OS. The number of fused-ring (bicyclic) bond motifs is 1. The summed E-state index contributed by atoms with van der Waals surface area (Å²) in [5, 5.41) is 3.20. The van der Waals surface area contributed by atoms with Crippen LogP contribution in [0.3, 0.4) is 0 Å². The first-order valence-electron chi connectivity index (χ1n) is 8.88. The van der Waals surface area contributed by atoms with Crippen molar-refractivity contribution in [3.8, 4) is 0 Å². The van der Waals surface area contributed by atoms with E-state index in [-0.39, 0.29) is 23.2 Å². The Morgan fingerprint density at radius 1 is 1.29 bits per heavy atom. The third kappa shape index (κ3) is 3.49. The average Bonchev–Trinajstić information content (AvgIpc) is 3.15. The Labute approximate surface area is 162 Å². The van der Waals surface area contributed by atoms with E-state index in [9.17, 15) is 18.0 Å². The van der Waals surface area contributed by atoms with E-state index in [1.54, 1.807) is 4.57 Å². The smallest absolute Gasteiger partial charge is 0.339 e. The number of hydrogen-bond acceptors (Lipinski definition) is 4. The van der Waals surface area contributed by atoms with Gasteiger partial charge in [0.25, 0.3) is 5.56 Å². The number of alkyl halides is 3. The molecule has 1 aliphatic rings. The number of aromatic amines is 2. The first-order valence-corrected chi connectivity index (χ1v) is 9.29. The predicted molar refractivity (Wildman–Crippen MR) is 101 cm³/mol. The van der Waals surface area contributed by atoms with Crippen LogP contribution in [0.5, 0.6) is 0 Å². The van der Waals surface area contributed by atoms with E-state index in [0.717, 1.165) is 11.1 Å². The molecule has 1 fully saturated rings. The normalized spacial score (nSPS) is 20.5. The van der Waals surface area contributed by atoms with Crippen molar-refractivity contribution in [2.24, 2.45) is 5.92 Å². The van der Waals surface area contributed by atoms with Crippen molar-refractivity contribution >= 4 is 23.4 Å². The van der Waals surface area contributed by atoms with E-state index in [4.69, 9.17) is 12.2 Å². The SMILES string of the molecule is O=c1[nH]c(=S)n(Cc2ccccc2C2CC(C(F)(F)F)CCN2)c2nc[nH]c12. The average molecular weight is 409 g/mol. The molecule has 3 N–H and O–H groups in total. The van der Waals surface area contributed by atoms with Gasteiger partial charge in [0.15, 0.2) is 10.4 Å². The summed E-state index contributed by atoms with van der Waals surface area (Å²) in [5.74, 6) is -1.32. The van der Waals surface area contributed by atoms with Gasteiger partial charge in [-0.1, -0.05) is 24.3 Å². The highest BCUT2D eigenvalue weighted by Crippen LogP contribution is 2.39. The molecule has 2 aromatic heterocycles. The fraction of sp³-hybridized carbons (Fsp3) is 0.389. The Morgan fingerprint density at radius 2 is 2.07 bits per heavy atom. The standard InChI is InChI=1S/C18H18F3N5OS/c19-18(20,21)11-5-6-22-13(7-11)12-4-2-1-3-10(12)8-26-15-14(23-9-24-15)16(27)25-17(26)28/h1-4,9,11,13,22H,5-8H2,(H,23,24)(H,25,27,28). The molecule has 0 amide bonds. The van der Waals surface area contributed by atoms with Crippen LogP contribution in [0.15, 0.2) is 35.4 Å². The van der Waals surface area contributed by atoms with Gasteiger partial charge in [-0.15, -0.1) is 0 Å². The first kappa shape index (κ1) is 18.9. The van der Waals surface area contributed by atoms with Crippen molar-refractivity contribution in [3.05, 3.63) is 56.8 Å². The molecule has 3 heterocycles. The summed E-state index contributed by atoms with van der Waals surface area (Å²) in [7, 11) is 0. The molecular weight excluding hydrogens is 391 g/mol. The molecule has 4 rings (SSSR count). The number of benzene rings is 1. The maximum atomic E-state index is 13.2. The van der Waals surface area contributed by atoms with Crippen LogP contribution in [0.2, 0.25) is 0 Å². The van der Waals surface area contributed by atoms with Crippen molar-refractivity contribution in [1.82, 2.24) is 24.8 Å². The molecule has 0 aliphatic carbocycles. The molecule has 0 radical (unpaired) electrons. The van der Waals surface area contributed by atoms with E-state index in [1.165, 1.54) is 6.33 Å². The molecule has 6 nitrogen and oxygen atoms in total. The van der Waals surface area contributed by atoms with Gasteiger partial charge < -0.3 is 10.3 Å². The number of nitrogens with zero attached hydrogens (tertiary/aromatic N) is 2. The van der Waals surface area contributed by atoms with Gasteiger partial charge in [0.05, 0.1) is 18.8 Å². The van der Waals surface area contributed by atoms with Crippen LogP contribution in [0.25, 0.3) is 11.2 Å². The fourth-order valence-corrected chi connectivity index (χ4v) is 4.01. The Balaban J connectivity index is 1.71. The van der Waals surface area contributed by atoms with E-state index in [2.05, 4.69) is 20.3 Å². The minimum Gasteiger partial charge on any atom is -0.339 e. The zero-order valence-corrected chi connectivity index (χ0v) is 15.5. The van der Waals surface area contributed by atoms with E-state index >= 15 is 0 Å². The maximum Gasteiger partial charge on any atom is 0.391 e. The third-order valence-corrected chi connectivity index (χ3v) is 5.52. The summed E-state index contributed by atoms with van der Waals surface area (Å²) >= 11 is 5.29. The maximum absolute atomic E-state index is 13.2. The molecule has 28 heavy (non-hydrogen) atoms. The van der Waals surface area contributed by atoms with Gasteiger partial charge in [0, 0.05) is 6.04 Å². The zero-order valence-electron chi connectivity index (χ0n) is 14.7. The molecule has 0 saturated carbocycles. The summed E-state index contributed by atoms with van der Waals surface area (Å²) < 4.78 is 41.5. The van der Waals surface area contributed by atoms with Gasteiger partial charge in [0.1, 0.15) is 5.52 Å². The highest BCUT2D eigenvalue weighted by Gasteiger charge is 2.42. The number of hydrogen-bond donors (Lipinski definition) is 3. The van der Waals surface area contributed by atoms with Crippen LogP contribution in [-0.2, 0) is 6.54 Å². The predicted octanol–water partition coefficient (Wildman–Crippen LogP) is 3.43. The Hall–Kier alpha value is -2.46. The minimum atomic E-state index is -4.20. The van der Waals surface area contributed by atoms with Gasteiger partial charge in [-0.3, -0.25) is 14.3 Å². The summed E-state index contributed by atoms with van der Waals surface area (Å²) in [6, 6.07) is 6.94. The molecule has 148 valence electrons. The van der Waals surface area contributed by atoms with Crippen LogP contribution in [0, 0.1) is 10.7 Å². The molecule has 0 spiro atoms. The molecule has 1 saturated heterocycles. The number of H-pyrrole nitrogens is 2. The first-order chi connectivity index (χ1) is 13.3. The summed E-state index contributed by atoms with van der Waals surface area (Å²) in [5.41, 5.74) is 1.99.